The molecule has 0 bridgehead atoms. The Morgan fingerprint density at radius 2 is 0.587 bits per heavy atom. The van der Waals surface area contributed by atoms with E-state index in [-0.39, 0.29) is 11.8 Å². The van der Waals surface area contributed by atoms with Gasteiger partial charge in [-0.2, -0.15) is 0 Å². The van der Waals surface area contributed by atoms with Crippen molar-refractivity contribution in [3.05, 3.63) is 200 Å². The highest BCUT2D eigenvalue weighted by molar-refractivity contribution is 9.10. The fourth-order valence-electron chi connectivity index (χ4n) is 7.95. The molecule has 2 unspecified atom stereocenters. The molecule has 0 saturated heterocycles. The Balaban J connectivity index is 1.29. The van der Waals surface area contributed by atoms with Crippen LogP contribution in [-0.4, -0.2) is 0 Å². The predicted octanol–water partition coefficient (Wildman–Crippen LogP) is 12.9. The van der Waals surface area contributed by atoms with E-state index in [9.17, 15) is 0 Å². The van der Waals surface area contributed by atoms with Crippen LogP contribution in [0.4, 0.5) is 0 Å². The summed E-state index contributed by atoms with van der Waals surface area (Å²) < 4.78 is 2.20. The van der Waals surface area contributed by atoms with E-state index in [1.165, 1.54) is 77.9 Å². The van der Waals surface area contributed by atoms with Gasteiger partial charge in [-0.25, -0.2) is 0 Å². The standard InChI is InChI=1S/C44H28Br2/c45-29-23-19-27(20-24-29)41-35-13-5-3-11-33(35)39-17-7-15-37(43(39)41)31-9-1-2-10-32(31)38-16-8-18-40-34-12-4-6-14-36(34)42(44(38)40)28-21-25-30(46)26-22-28/h1-26,41-42H. The SMILES string of the molecule is Brc1ccc(C2c3ccccc3-c3cccc(-c4ccccc4-c4cccc5c4C(c4ccc(Br)cc4)c4ccccc4-5)c32)cc1. The minimum absolute atomic E-state index is 0.157. The minimum Gasteiger partial charge on any atom is -0.0619 e. The molecule has 0 aromatic heterocycles. The van der Waals surface area contributed by atoms with E-state index >= 15 is 0 Å². The first-order valence-corrected chi connectivity index (χ1v) is 17.3. The summed E-state index contributed by atoms with van der Waals surface area (Å²) in [5, 5.41) is 0. The van der Waals surface area contributed by atoms with Gasteiger partial charge >= 0.3 is 0 Å². The zero-order valence-corrected chi connectivity index (χ0v) is 28.1. The van der Waals surface area contributed by atoms with Crippen LogP contribution in [-0.2, 0) is 0 Å². The maximum absolute atomic E-state index is 3.66. The van der Waals surface area contributed by atoms with Gasteiger partial charge in [-0.1, -0.05) is 165 Å². The minimum atomic E-state index is 0.157. The van der Waals surface area contributed by atoms with Gasteiger partial charge in [0.25, 0.3) is 0 Å². The lowest BCUT2D eigenvalue weighted by atomic mass is 9.80. The van der Waals surface area contributed by atoms with Crippen LogP contribution >= 0.6 is 31.9 Å². The molecule has 218 valence electrons. The molecule has 0 radical (unpaired) electrons. The van der Waals surface area contributed by atoms with Crippen LogP contribution in [0.1, 0.15) is 45.2 Å². The van der Waals surface area contributed by atoms with Crippen molar-refractivity contribution in [2.75, 3.05) is 0 Å². The highest BCUT2D eigenvalue weighted by Gasteiger charge is 2.35. The lowest BCUT2D eigenvalue weighted by Crippen LogP contribution is -2.03. The number of rotatable bonds is 4. The molecule has 2 aliphatic rings. The van der Waals surface area contributed by atoms with Crippen LogP contribution in [0.15, 0.2) is 167 Å². The van der Waals surface area contributed by atoms with E-state index in [0.29, 0.717) is 0 Å². The lowest BCUT2D eigenvalue weighted by Gasteiger charge is -2.22. The maximum atomic E-state index is 3.66. The molecule has 2 atom stereocenters. The third kappa shape index (κ3) is 4.31. The van der Waals surface area contributed by atoms with E-state index in [0.717, 1.165) is 8.95 Å². The van der Waals surface area contributed by atoms with Gasteiger partial charge in [-0.05, 0) is 102 Å². The third-order valence-electron chi connectivity index (χ3n) is 9.83. The van der Waals surface area contributed by atoms with Gasteiger partial charge in [0.05, 0.1) is 0 Å². The summed E-state index contributed by atoms with van der Waals surface area (Å²) in [7, 11) is 0. The number of halogens is 2. The summed E-state index contributed by atoms with van der Waals surface area (Å²) in [6, 6.07) is 58.4. The fraction of sp³-hybridized carbons (Fsp3) is 0.0455. The first kappa shape index (κ1) is 27.8. The van der Waals surface area contributed by atoms with E-state index in [4.69, 9.17) is 0 Å². The number of fused-ring (bicyclic) bond motifs is 6. The highest BCUT2D eigenvalue weighted by atomic mass is 79.9. The Labute approximate surface area is 286 Å². The van der Waals surface area contributed by atoms with Gasteiger partial charge in [0.1, 0.15) is 0 Å². The van der Waals surface area contributed by atoms with Crippen molar-refractivity contribution in [3.8, 4) is 44.5 Å². The molecular formula is C44H28Br2. The summed E-state index contributed by atoms with van der Waals surface area (Å²) in [6.45, 7) is 0. The normalized spacial score (nSPS) is 15.6. The topological polar surface area (TPSA) is 0 Å². The average molecular weight is 717 g/mol. The van der Waals surface area contributed by atoms with Crippen LogP contribution < -0.4 is 0 Å². The number of hydrogen-bond donors (Lipinski definition) is 0. The van der Waals surface area contributed by atoms with E-state index < -0.39 is 0 Å². The zero-order chi connectivity index (χ0) is 30.8. The van der Waals surface area contributed by atoms with Gasteiger partial charge in [-0.15, -0.1) is 0 Å². The predicted molar refractivity (Wildman–Crippen MR) is 198 cm³/mol. The molecule has 0 amide bonds. The third-order valence-corrected chi connectivity index (χ3v) is 10.9. The van der Waals surface area contributed by atoms with Crippen molar-refractivity contribution < 1.29 is 0 Å². The Kier molecular flexibility index (Phi) is 6.69. The Hall–Kier alpha value is -4.50. The quantitative estimate of drug-likeness (QED) is 0.170. The summed E-state index contributed by atoms with van der Waals surface area (Å²) in [4.78, 5) is 0. The van der Waals surface area contributed by atoms with Crippen molar-refractivity contribution in [2.45, 2.75) is 11.8 Å². The van der Waals surface area contributed by atoms with Crippen LogP contribution in [0, 0.1) is 0 Å². The van der Waals surface area contributed by atoms with Gasteiger partial charge in [-0.3, -0.25) is 0 Å². The molecular weight excluding hydrogens is 688 g/mol. The molecule has 9 rings (SSSR count). The molecule has 2 aliphatic carbocycles. The van der Waals surface area contributed by atoms with Crippen molar-refractivity contribution in [1.29, 1.82) is 0 Å². The molecule has 0 heterocycles. The van der Waals surface area contributed by atoms with Crippen molar-refractivity contribution >= 4 is 31.9 Å². The van der Waals surface area contributed by atoms with E-state index in [1.54, 1.807) is 0 Å². The zero-order valence-electron chi connectivity index (χ0n) is 24.9. The molecule has 7 aromatic carbocycles. The first-order valence-electron chi connectivity index (χ1n) is 15.7. The highest BCUT2D eigenvalue weighted by Crippen LogP contribution is 2.55. The van der Waals surface area contributed by atoms with Gasteiger partial charge in [0.15, 0.2) is 0 Å². The molecule has 2 heteroatoms. The second kappa shape index (κ2) is 11.1. The smallest absolute Gasteiger partial charge is 0.0358 e. The Bertz CT molecular complexity index is 2120. The Morgan fingerprint density at radius 1 is 0.283 bits per heavy atom. The van der Waals surface area contributed by atoms with Crippen molar-refractivity contribution in [1.82, 2.24) is 0 Å². The summed E-state index contributed by atoms with van der Waals surface area (Å²) in [5.74, 6) is 0.314. The molecule has 46 heavy (non-hydrogen) atoms. The van der Waals surface area contributed by atoms with E-state index in [2.05, 4.69) is 190 Å². The molecule has 0 nitrogen and oxygen atoms in total. The van der Waals surface area contributed by atoms with E-state index in [1.807, 2.05) is 0 Å². The van der Waals surface area contributed by atoms with Gasteiger partial charge < -0.3 is 0 Å². The van der Waals surface area contributed by atoms with Crippen LogP contribution in [0.5, 0.6) is 0 Å². The van der Waals surface area contributed by atoms with Crippen LogP contribution in [0.3, 0.4) is 0 Å². The first-order chi connectivity index (χ1) is 22.7. The second-order valence-corrected chi connectivity index (χ2v) is 14.1. The van der Waals surface area contributed by atoms with Gasteiger partial charge in [0.2, 0.25) is 0 Å². The fourth-order valence-corrected chi connectivity index (χ4v) is 8.48. The molecule has 0 aliphatic heterocycles. The Morgan fingerprint density at radius 3 is 0.978 bits per heavy atom. The second-order valence-electron chi connectivity index (χ2n) is 12.2. The van der Waals surface area contributed by atoms with Crippen LogP contribution in [0.2, 0.25) is 0 Å². The number of hydrogen-bond acceptors (Lipinski definition) is 0. The monoisotopic (exact) mass is 714 g/mol. The summed E-state index contributed by atoms with van der Waals surface area (Å²) >= 11 is 7.32. The van der Waals surface area contributed by atoms with Gasteiger partial charge in [0, 0.05) is 20.8 Å². The molecule has 0 fully saturated rings. The molecule has 7 aromatic rings. The number of benzene rings is 7. The molecule has 0 saturated carbocycles. The largest absolute Gasteiger partial charge is 0.0619 e. The summed E-state index contributed by atoms with van der Waals surface area (Å²) in [6.07, 6.45) is 0. The molecule has 0 N–H and O–H groups in total. The molecule has 0 spiro atoms. The van der Waals surface area contributed by atoms with Crippen molar-refractivity contribution in [2.24, 2.45) is 0 Å². The average Bonchev–Trinajstić information content (AvgIpc) is 3.63. The lowest BCUT2D eigenvalue weighted by molar-refractivity contribution is 1.01. The van der Waals surface area contributed by atoms with Crippen LogP contribution in [0.25, 0.3) is 44.5 Å². The van der Waals surface area contributed by atoms with Crippen molar-refractivity contribution in [3.63, 3.8) is 0 Å². The maximum Gasteiger partial charge on any atom is 0.0358 e. The summed E-state index contributed by atoms with van der Waals surface area (Å²) in [5.41, 5.74) is 18.6.